The lowest BCUT2D eigenvalue weighted by molar-refractivity contribution is -0.107. The molecule has 0 N–H and O–H groups in total. The topological polar surface area (TPSA) is 26.3 Å². The quantitative estimate of drug-likeness (QED) is 0.571. The predicted molar refractivity (Wildman–Crippen MR) is 84.8 cm³/mol. The van der Waals surface area contributed by atoms with Gasteiger partial charge in [0, 0.05) is 4.47 Å². The van der Waals surface area contributed by atoms with Crippen molar-refractivity contribution in [3.63, 3.8) is 0 Å². The Morgan fingerprint density at radius 3 is 2.35 bits per heavy atom. The van der Waals surface area contributed by atoms with Crippen LogP contribution in [0.2, 0.25) is 0 Å². The normalized spacial score (nSPS) is 10.7. The Kier molecular flexibility index (Phi) is 5.39. The van der Waals surface area contributed by atoms with Gasteiger partial charge in [-0.2, -0.15) is 0 Å². The van der Waals surface area contributed by atoms with Crippen LogP contribution in [0.1, 0.15) is 11.1 Å². The van der Waals surface area contributed by atoms with Crippen LogP contribution in [0.4, 0.5) is 0 Å². The number of hydrogen-bond donors (Lipinski definition) is 0. The second-order valence-electron chi connectivity index (χ2n) is 4.12. The molecule has 20 heavy (non-hydrogen) atoms. The highest BCUT2D eigenvalue weighted by Crippen LogP contribution is 2.16. The highest BCUT2D eigenvalue weighted by atomic mass is 79.9. The summed E-state index contributed by atoms with van der Waals surface area (Å²) >= 11 is 8.63. The van der Waals surface area contributed by atoms with Crippen LogP contribution in [0.5, 0.6) is 5.75 Å². The monoisotopic (exact) mass is 350 g/mol. The first-order valence-electron chi connectivity index (χ1n) is 5.98. The Bertz CT molecular complexity index is 603. The largest absolute Gasteiger partial charge is 0.489 e. The molecule has 0 atom stereocenters. The average molecular weight is 352 g/mol. The number of rotatable bonds is 5. The van der Waals surface area contributed by atoms with E-state index < -0.39 is 5.24 Å². The minimum Gasteiger partial charge on any atom is -0.489 e. The third-order valence-electron chi connectivity index (χ3n) is 2.61. The van der Waals surface area contributed by atoms with Gasteiger partial charge in [-0.1, -0.05) is 46.3 Å². The van der Waals surface area contributed by atoms with E-state index in [1.807, 2.05) is 48.5 Å². The lowest BCUT2D eigenvalue weighted by Gasteiger charge is -2.06. The van der Waals surface area contributed by atoms with Crippen molar-refractivity contribution in [3.8, 4) is 5.75 Å². The van der Waals surface area contributed by atoms with E-state index in [-0.39, 0.29) is 0 Å². The summed E-state index contributed by atoms with van der Waals surface area (Å²) in [5.41, 5.74) is 2.00. The van der Waals surface area contributed by atoms with Crippen molar-refractivity contribution < 1.29 is 9.53 Å². The molecular formula is C16H12BrClO2. The van der Waals surface area contributed by atoms with E-state index in [9.17, 15) is 4.79 Å². The van der Waals surface area contributed by atoms with Crippen LogP contribution in [0, 0.1) is 0 Å². The molecule has 102 valence electrons. The Morgan fingerprint density at radius 2 is 1.75 bits per heavy atom. The SMILES string of the molecule is O=C(Cl)/C=C/c1ccc(OCc2ccc(Br)cc2)cc1. The Hall–Kier alpha value is -1.58. The molecule has 4 heteroatoms. The molecule has 2 aromatic carbocycles. The first-order valence-corrected chi connectivity index (χ1v) is 7.15. The number of ether oxygens (including phenoxy) is 1. The highest BCUT2D eigenvalue weighted by molar-refractivity contribution is 9.10. The molecule has 0 aliphatic heterocycles. The van der Waals surface area contributed by atoms with Crippen LogP contribution >= 0.6 is 27.5 Å². The molecule has 0 bridgehead atoms. The van der Waals surface area contributed by atoms with Crippen LogP contribution in [-0.2, 0) is 11.4 Å². The summed E-state index contributed by atoms with van der Waals surface area (Å²) in [7, 11) is 0. The van der Waals surface area contributed by atoms with Gasteiger partial charge in [0.1, 0.15) is 12.4 Å². The van der Waals surface area contributed by atoms with Gasteiger partial charge in [0.25, 0.3) is 0 Å². The summed E-state index contributed by atoms with van der Waals surface area (Å²) in [6.45, 7) is 0.516. The van der Waals surface area contributed by atoms with E-state index in [0.717, 1.165) is 21.3 Å². The number of allylic oxidation sites excluding steroid dienone is 1. The first kappa shape index (κ1) is 14.8. The van der Waals surface area contributed by atoms with Crippen LogP contribution < -0.4 is 4.74 Å². The van der Waals surface area contributed by atoms with Crippen molar-refractivity contribution in [1.29, 1.82) is 0 Å². The van der Waals surface area contributed by atoms with E-state index >= 15 is 0 Å². The molecule has 0 heterocycles. The number of hydrogen-bond acceptors (Lipinski definition) is 2. The molecular weight excluding hydrogens is 340 g/mol. The van der Waals surface area contributed by atoms with Crippen LogP contribution in [0.3, 0.4) is 0 Å². The van der Waals surface area contributed by atoms with E-state index in [2.05, 4.69) is 15.9 Å². The lowest BCUT2D eigenvalue weighted by Crippen LogP contribution is -1.94. The minimum atomic E-state index is -0.486. The summed E-state index contributed by atoms with van der Waals surface area (Å²) in [4.78, 5) is 10.6. The third kappa shape index (κ3) is 4.83. The van der Waals surface area contributed by atoms with Crippen LogP contribution in [0.15, 0.2) is 59.1 Å². The maximum absolute atomic E-state index is 10.6. The van der Waals surface area contributed by atoms with E-state index in [1.54, 1.807) is 6.08 Å². The summed E-state index contributed by atoms with van der Waals surface area (Å²) in [5.74, 6) is 0.780. The maximum Gasteiger partial charge on any atom is 0.245 e. The Labute approximate surface area is 131 Å². The van der Waals surface area contributed by atoms with Crippen molar-refractivity contribution >= 4 is 38.8 Å². The van der Waals surface area contributed by atoms with Crippen LogP contribution in [0.25, 0.3) is 6.08 Å². The highest BCUT2D eigenvalue weighted by Gasteiger charge is 1.97. The van der Waals surface area contributed by atoms with Crippen molar-refractivity contribution in [2.75, 3.05) is 0 Å². The number of carbonyl (C=O) groups excluding carboxylic acids is 1. The second kappa shape index (κ2) is 7.27. The molecule has 0 aromatic heterocycles. The predicted octanol–water partition coefficient (Wildman–Crippen LogP) is 4.81. The Morgan fingerprint density at radius 1 is 1.10 bits per heavy atom. The molecule has 0 amide bonds. The van der Waals surface area contributed by atoms with E-state index in [4.69, 9.17) is 16.3 Å². The summed E-state index contributed by atoms with van der Waals surface area (Å²) in [6.07, 6.45) is 2.98. The van der Waals surface area contributed by atoms with E-state index in [0.29, 0.717) is 6.61 Å². The molecule has 0 aliphatic carbocycles. The molecule has 0 radical (unpaired) electrons. The zero-order valence-corrected chi connectivity index (χ0v) is 12.9. The molecule has 2 nitrogen and oxygen atoms in total. The van der Waals surface area contributed by atoms with Gasteiger partial charge in [0.05, 0.1) is 0 Å². The maximum atomic E-state index is 10.6. The van der Waals surface area contributed by atoms with Gasteiger partial charge in [-0.3, -0.25) is 4.79 Å². The van der Waals surface area contributed by atoms with Gasteiger partial charge in [0.2, 0.25) is 5.24 Å². The van der Waals surface area contributed by atoms with Gasteiger partial charge in [-0.05, 0) is 53.1 Å². The molecule has 0 saturated heterocycles. The zero-order valence-electron chi connectivity index (χ0n) is 10.6. The van der Waals surface area contributed by atoms with Crippen molar-refractivity contribution in [3.05, 3.63) is 70.2 Å². The van der Waals surface area contributed by atoms with Crippen molar-refractivity contribution in [1.82, 2.24) is 0 Å². The fourth-order valence-electron chi connectivity index (χ4n) is 1.58. The molecule has 0 unspecified atom stereocenters. The van der Waals surface area contributed by atoms with E-state index in [1.165, 1.54) is 6.08 Å². The van der Waals surface area contributed by atoms with Crippen LogP contribution in [-0.4, -0.2) is 5.24 Å². The van der Waals surface area contributed by atoms with Gasteiger partial charge in [-0.15, -0.1) is 0 Å². The third-order valence-corrected chi connectivity index (χ3v) is 3.26. The Balaban J connectivity index is 1.93. The molecule has 2 rings (SSSR count). The zero-order chi connectivity index (χ0) is 14.4. The molecule has 0 spiro atoms. The fraction of sp³-hybridized carbons (Fsp3) is 0.0625. The molecule has 0 fully saturated rings. The number of benzene rings is 2. The average Bonchev–Trinajstić information content (AvgIpc) is 2.45. The standard InChI is InChI=1S/C16H12BrClO2/c17-14-6-1-13(2-7-14)11-20-15-8-3-12(4-9-15)5-10-16(18)19/h1-10H,11H2/b10-5+. The lowest BCUT2D eigenvalue weighted by atomic mass is 10.2. The van der Waals surface area contributed by atoms with Gasteiger partial charge < -0.3 is 4.74 Å². The summed E-state index contributed by atoms with van der Waals surface area (Å²) in [6, 6.07) is 15.4. The number of halogens is 2. The van der Waals surface area contributed by atoms with Gasteiger partial charge in [-0.25, -0.2) is 0 Å². The molecule has 2 aromatic rings. The number of carbonyl (C=O) groups is 1. The van der Waals surface area contributed by atoms with Crippen molar-refractivity contribution in [2.24, 2.45) is 0 Å². The molecule has 0 aliphatic rings. The smallest absolute Gasteiger partial charge is 0.245 e. The first-order chi connectivity index (χ1) is 9.63. The van der Waals surface area contributed by atoms with Gasteiger partial charge in [0.15, 0.2) is 0 Å². The fourth-order valence-corrected chi connectivity index (χ4v) is 1.91. The van der Waals surface area contributed by atoms with Gasteiger partial charge >= 0.3 is 0 Å². The second-order valence-corrected chi connectivity index (χ2v) is 5.41. The van der Waals surface area contributed by atoms with Crippen molar-refractivity contribution in [2.45, 2.75) is 6.61 Å². The summed E-state index contributed by atoms with van der Waals surface area (Å²) in [5, 5.41) is -0.486. The summed E-state index contributed by atoms with van der Waals surface area (Å²) < 4.78 is 6.73. The minimum absolute atomic E-state index is 0.486. The molecule has 0 saturated carbocycles.